The topological polar surface area (TPSA) is 94.8 Å². The number of benzene rings is 1. The van der Waals surface area contributed by atoms with E-state index in [0.717, 1.165) is 6.07 Å². The van der Waals surface area contributed by atoms with E-state index in [4.69, 9.17) is 10.2 Å². The molecule has 0 bridgehead atoms. The number of hydrogen-bond acceptors (Lipinski definition) is 4. The summed E-state index contributed by atoms with van der Waals surface area (Å²) in [6.07, 6.45) is 0. The molecule has 0 aliphatic carbocycles. The quantitative estimate of drug-likeness (QED) is 0.641. The van der Waals surface area contributed by atoms with E-state index in [1.807, 2.05) is 0 Å². The average Bonchev–Trinajstić information content (AvgIpc) is 2.15. The zero-order valence-corrected chi connectivity index (χ0v) is 8.02. The van der Waals surface area contributed by atoms with E-state index in [9.17, 15) is 14.7 Å². The molecule has 0 aromatic heterocycles. The van der Waals surface area contributed by atoms with Gasteiger partial charge in [0.05, 0.1) is 12.2 Å². The Kier molecular flexibility index (Phi) is 3.06. The summed E-state index contributed by atoms with van der Waals surface area (Å²) in [4.78, 5) is 21.8. The van der Waals surface area contributed by atoms with Gasteiger partial charge in [0.25, 0.3) is 0 Å². The van der Waals surface area contributed by atoms with Crippen molar-refractivity contribution in [3.8, 4) is 5.75 Å². The normalized spacial score (nSPS) is 10.0. The summed E-state index contributed by atoms with van der Waals surface area (Å²) in [7, 11) is 0. The SMILES string of the molecule is CC(=O)c1c(CO)ccc(C(=O)O)c1O. The van der Waals surface area contributed by atoms with Crippen LogP contribution in [0.2, 0.25) is 0 Å². The number of aliphatic hydroxyl groups excluding tert-OH is 1. The molecule has 0 spiro atoms. The number of carbonyl (C=O) groups excluding carboxylic acids is 1. The highest BCUT2D eigenvalue weighted by molar-refractivity contribution is 6.02. The van der Waals surface area contributed by atoms with Gasteiger partial charge in [-0.15, -0.1) is 0 Å². The summed E-state index contributed by atoms with van der Waals surface area (Å²) < 4.78 is 0. The fraction of sp³-hybridized carbons (Fsp3) is 0.200. The van der Waals surface area contributed by atoms with Gasteiger partial charge < -0.3 is 15.3 Å². The number of aromatic carboxylic acids is 1. The van der Waals surface area contributed by atoms with Gasteiger partial charge in [0.1, 0.15) is 11.3 Å². The molecule has 0 unspecified atom stereocenters. The smallest absolute Gasteiger partial charge is 0.339 e. The predicted molar refractivity (Wildman–Crippen MR) is 51.0 cm³/mol. The van der Waals surface area contributed by atoms with Gasteiger partial charge >= 0.3 is 5.97 Å². The summed E-state index contributed by atoms with van der Waals surface area (Å²) in [5.74, 6) is -2.40. The molecule has 80 valence electrons. The molecule has 5 heteroatoms. The van der Waals surface area contributed by atoms with Crippen LogP contribution in [0, 0.1) is 0 Å². The number of phenols is 1. The first kappa shape index (κ1) is 11.2. The zero-order chi connectivity index (χ0) is 11.6. The maximum Gasteiger partial charge on any atom is 0.339 e. The number of carboxylic acids is 1. The van der Waals surface area contributed by atoms with Crippen molar-refractivity contribution in [2.45, 2.75) is 13.5 Å². The summed E-state index contributed by atoms with van der Waals surface area (Å²) in [5, 5.41) is 27.1. The van der Waals surface area contributed by atoms with Gasteiger partial charge in [-0.3, -0.25) is 4.79 Å². The standard InChI is InChI=1S/C10H10O5/c1-5(12)8-6(4-11)2-3-7(9(8)13)10(14)15/h2-3,11,13H,4H2,1H3,(H,14,15). The van der Waals surface area contributed by atoms with Crippen molar-refractivity contribution >= 4 is 11.8 Å². The van der Waals surface area contributed by atoms with Crippen LogP contribution in [-0.2, 0) is 6.61 Å². The number of carboxylic acid groups (broad SMARTS) is 1. The average molecular weight is 210 g/mol. The highest BCUT2D eigenvalue weighted by Crippen LogP contribution is 2.26. The van der Waals surface area contributed by atoms with Gasteiger partial charge in [-0.05, 0) is 18.6 Å². The largest absolute Gasteiger partial charge is 0.506 e. The van der Waals surface area contributed by atoms with E-state index < -0.39 is 24.1 Å². The number of carbonyl (C=O) groups is 2. The van der Waals surface area contributed by atoms with E-state index in [1.165, 1.54) is 13.0 Å². The van der Waals surface area contributed by atoms with E-state index >= 15 is 0 Å². The molecule has 5 nitrogen and oxygen atoms in total. The first-order valence-electron chi connectivity index (χ1n) is 4.19. The Balaban J connectivity index is 3.49. The van der Waals surface area contributed by atoms with Crippen LogP contribution in [-0.4, -0.2) is 27.1 Å². The minimum absolute atomic E-state index is 0.141. The monoisotopic (exact) mass is 210 g/mol. The highest BCUT2D eigenvalue weighted by Gasteiger charge is 2.19. The Bertz CT molecular complexity index is 422. The Morgan fingerprint density at radius 2 is 1.93 bits per heavy atom. The van der Waals surface area contributed by atoms with Crippen molar-refractivity contribution in [3.05, 3.63) is 28.8 Å². The Morgan fingerprint density at radius 3 is 2.33 bits per heavy atom. The highest BCUT2D eigenvalue weighted by atomic mass is 16.4. The maximum absolute atomic E-state index is 11.2. The molecule has 1 aromatic rings. The lowest BCUT2D eigenvalue weighted by Crippen LogP contribution is -2.05. The summed E-state index contributed by atoms with van der Waals surface area (Å²) >= 11 is 0. The lowest BCUT2D eigenvalue weighted by Gasteiger charge is -2.08. The van der Waals surface area contributed by atoms with Crippen molar-refractivity contribution < 1.29 is 24.9 Å². The summed E-state index contributed by atoms with van der Waals surface area (Å²) in [6, 6.07) is 2.45. The third-order valence-electron chi connectivity index (χ3n) is 2.02. The van der Waals surface area contributed by atoms with Crippen molar-refractivity contribution in [1.29, 1.82) is 0 Å². The molecule has 3 N–H and O–H groups in total. The van der Waals surface area contributed by atoms with Crippen LogP contribution in [0.25, 0.3) is 0 Å². The second-order valence-corrected chi connectivity index (χ2v) is 3.02. The number of aromatic hydroxyl groups is 1. The number of Topliss-reactive ketones (excluding diaryl/α,β-unsaturated/α-hetero) is 1. The minimum atomic E-state index is -1.32. The van der Waals surface area contributed by atoms with Crippen molar-refractivity contribution in [1.82, 2.24) is 0 Å². The third-order valence-corrected chi connectivity index (χ3v) is 2.02. The Morgan fingerprint density at radius 1 is 1.33 bits per heavy atom. The molecule has 0 amide bonds. The molecule has 0 atom stereocenters. The zero-order valence-electron chi connectivity index (χ0n) is 8.02. The molecule has 0 radical (unpaired) electrons. The van der Waals surface area contributed by atoms with Crippen LogP contribution in [0.3, 0.4) is 0 Å². The van der Waals surface area contributed by atoms with Crippen LogP contribution in [0.15, 0.2) is 12.1 Å². The Hall–Kier alpha value is -1.88. The number of ketones is 1. The fourth-order valence-electron chi connectivity index (χ4n) is 1.33. The van der Waals surface area contributed by atoms with Crippen LogP contribution in [0.5, 0.6) is 5.75 Å². The molecule has 15 heavy (non-hydrogen) atoms. The van der Waals surface area contributed by atoms with Gasteiger partial charge in [0, 0.05) is 0 Å². The van der Waals surface area contributed by atoms with Crippen LogP contribution in [0.4, 0.5) is 0 Å². The first-order valence-corrected chi connectivity index (χ1v) is 4.19. The molecule has 0 aliphatic rings. The van der Waals surface area contributed by atoms with E-state index in [1.54, 1.807) is 0 Å². The molecule has 1 rings (SSSR count). The number of hydrogen-bond donors (Lipinski definition) is 3. The predicted octanol–water partition coefficient (Wildman–Crippen LogP) is 0.785. The summed E-state index contributed by atoms with van der Waals surface area (Å²) in [5.41, 5.74) is -0.278. The van der Waals surface area contributed by atoms with Crippen molar-refractivity contribution in [2.24, 2.45) is 0 Å². The van der Waals surface area contributed by atoms with Crippen molar-refractivity contribution in [2.75, 3.05) is 0 Å². The third kappa shape index (κ3) is 1.97. The Labute approximate surface area is 85.6 Å². The molecule has 1 aromatic carbocycles. The van der Waals surface area contributed by atoms with Crippen LogP contribution < -0.4 is 0 Å². The maximum atomic E-state index is 11.2. The second-order valence-electron chi connectivity index (χ2n) is 3.02. The van der Waals surface area contributed by atoms with E-state index in [2.05, 4.69) is 0 Å². The van der Waals surface area contributed by atoms with E-state index in [0.29, 0.717) is 0 Å². The van der Waals surface area contributed by atoms with Crippen LogP contribution in [0.1, 0.15) is 33.2 Å². The lowest BCUT2D eigenvalue weighted by molar-refractivity contribution is 0.0693. The van der Waals surface area contributed by atoms with Gasteiger partial charge in [0.15, 0.2) is 5.78 Å². The van der Waals surface area contributed by atoms with Gasteiger partial charge in [-0.2, -0.15) is 0 Å². The number of rotatable bonds is 3. The van der Waals surface area contributed by atoms with E-state index in [-0.39, 0.29) is 16.7 Å². The molecule has 0 aliphatic heterocycles. The molecular formula is C10H10O5. The number of aliphatic hydroxyl groups is 1. The van der Waals surface area contributed by atoms with Crippen molar-refractivity contribution in [3.63, 3.8) is 0 Å². The molecule has 0 heterocycles. The molecule has 0 saturated carbocycles. The van der Waals surface area contributed by atoms with Crippen LogP contribution >= 0.6 is 0 Å². The second kappa shape index (κ2) is 4.10. The van der Waals surface area contributed by atoms with Gasteiger partial charge in [-0.1, -0.05) is 6.07 Å². The minimum Gasteiger partial charge on any atom is -0.506 e. The van der Waals surface area contributed by atoms with Gasteiger partial charge in [0.2, 0.25) is 0 Å². The lowest BCUT2D eigenvalue weighted by atomic mass is 10.00. The summed E-state index contributed by atoms with van der Waals surface area (Å²) in [6.45, 7) is 0.766. The first-order chi connectivity index (χ1) is 6.99. The molecule has 0 saturated heterocycles. The van der Waals surface area contributed by atoms with Gasteiger partial charge in [-0.25, -0.2) is 4.79 Å². The fourth-order valence-corrected chi connectivity index (χ4v) is 1.33. The molecule has 0 fully saturated rings. The molecular weight excluding hydrogens is 200 g/mol.